The summed E-state index contributed by atoms with van der Waals surface area (Å²) in [5, 5.41) is 7.88. The number of aryl methyl sites for hydroxylation is 1. The number of amides is 1. The van der Waals surface area contributed by atoms with Gasteiger partial charge in [-0.05, 0) is 37.3 Å². The minimum absolute atomic E-state index is 0.193. The molecule has 0 spiro atoms. The van der Waals surface area contributed by atoms with Crippen LogP contribution in [0.2, 0.25) is 5.02 Å². The number of halogens is 1. The maximum Gasteiger partial charge on any atom is 0.281 e. The number of hydrogen-bond donors (Lipinski definition) is 1. The Morgan fingerprint density at radius 2 is 1.93 bits per heavy atom. The summed E-state index contributed by atoms with van der Waals surface area (Å²) in [6, 6.07) is 16.0. The molecule has 0 bridgehead atoms. The van der Waals surface area contributed by atoms with Gasteiger partial charge < -0.3 is 0 Å². The number of benzene rings is 2. The van der Waals surface area contributed by atoms with Gasteiger partial charge in [0, 0.05) is 16.8 Å². The predicted octanol–water partition coefficient (Wildman–Crippen LogP) is 4.06. The maximum atomic E-state index is 12.6. The van der Waals surface area contributed by atoms with E-state index in [0.29, 0.717) is 15.8 Å². The number of nitrogens with zero attached hydrogens (tertiary/aromatic N) is 3. The molecular formula is C19H13ClN4O2S. The highest BCUT2D eigenvalue weighted by Crippen LogP contribution is 2.28. The van der Waals surface area contributed by atoms with Crippen LogP contribution in [0.1, 0.15) is 16.2 Å². The molecule has 2 aromatic heterocycles. The molecule has 0 unspecified atom stereocenters. The van der Waals surface area contributed by atoms with Gasteiger partial charge in [0.25, 0.3) is 5.91 Å². The molecule has 134 valence electrons. The molecular weight excluding hydrogens is 384 g/mol. The first-order valence-electron chi connectivity index (χ1n) is 8.05. The fourth-order valence-corrected chi connectivity index (χ4v) is 3.78. The molecule has 4 aromatic rings. The molecule has 0 fully saturated rings. The second-order valence-electron chi connectivity index (χ2n) is 5.83. The number of hydrogen-bond acceptors (Lipinski definition) is 5. The third kappa shape index (κ3) is 3.47. The van der Waals surface area contributed by atoms with Crippen molar-refractivity contribution in [3.8, 4) is 5.69 Å². The molecule has 1 N–H and O–H groups in total. The zero-order valence-corrected chi connectivity index (χ0v) is 15.7. The van der Waals surface area contributed by atoms with Crippen molar-refractivity contribution in [1.82, 2.24) is 14.8 Å². The van der Waals surface area contributed by atoms with Crippen LogP contribution >= 0.6 is 22.9 Å². The van der Waals surface area contributed by atoms with Gasteiger partial charge in [0.1, 0.15) is 0 Å². The summed E-state index contributed by atoms with van der Waals surface area (Å²) >= 11 is 7.26. The van der Waals surface area contributed by atoms with Crippen molar-refractivity contribution in [3.05, 3.63) is 81.2 Å². The molecule has 0 atom stereocenters. The molecule has 0 aliphatic rings. The Bertz CT molecular complexity index is 1220. The van der Waals surface area contributed by atoms with Crippen LogP contribution < -0.4 is 10.7 Å². The lowest BCUT2D eigenvalue weighted by atomic mass is 10.2. The minimum atomic E-state index is -0.602. The molecule has 27 heavy (non-hydrogen) atoms. The van der Waals surface area contributed by atoms with E-state index < -0.39 is 11.3 Å². The molecule has 0 saturated heterocycles. The monoisotopic (exact) mass is 396 g/mol. The number of para-hydroxylation sites is 1. The molecule has 0 radical (unpaired) electrons. The van der Waals surface area contributed by atoms with E-state index in [1.165, 1.54) is 17.4 Å². The summed E-state index contributed by atoms with van der Waals surface area (Å²) in [5.41, 5.74) is 1.48. The van der Waals surface area contributed by atoms with Crippen LogP contribution in [0.5, 0.6) is 0 Å². The van der Waals surface area contributed by atoms with E-state index in [9.17, 15) is 9.59 Å². The van der Waals surface area contributed by atoms with Gasteiger partial charge in [0.05, 0.1) is 15.9 Å². The third-order valence-corrected chi connectivity index (χ3v) is 5.06. The van der Waals surface area contributed by atoms with E-state index in [1.54, 1.807) is 29.8 Å². The van der Waals surface area contributed by atoms with E-state index in [2.05, 4.69) is 15.4 Å². The number of nitrogens with one attached hydrogen (secondary N) is 1. The summed E-state index contributed by atoms with van der Waals surface area (Å²) in [4.78, 5) is 29.3. The summed E-state index contributed by atoms with van der Waals surface area (Å²) in [5.74, 6) is -0.602. The zero-order valence-electron chi connectivity index (χ0n) is 14.1. The standard InChI is InChI=1S/C19H13ClN4O2S/c1-11-9-15(25)17(23-24(11)13-5-3-2-4-6-13)18(26)22-19-21-14-8-7-12(20)10-16(14)27-19/h2-10H,1H3,(H,21,22,26). The zero-order chi connectivity index (χ0) is 19.0. The van der Waals surface area contributed by atoms with Crippen molar-refractivity contribution in [2.24, 2.45) is 0 Å². The van der Waals surface area contributed by atoms with Gasteiger partial charge in [0.2, 0.25) is 5.43 Å². The van der Waals surface area contributed by atoms with Gasteiger partial charge in [-0.15, -0.1) is 0 Å². The van der Waals surface area contributed by atoms with Crippen molar-refractivity contribution < 1.29 is 4.79 Å². The Labute approximate surface area is 163 Å². The first-order valence-corrected chi connectivity index (χ1v) is 9.24. The fourth-order valence-electron chi connectivity index (χ4n) is 2.64. The average molecular weight is 397 g/mol. The molecule has 1 amide bonds. The van der Waals surface area contributed by atoms with Crippen LogP contribution in [0.15, 0.2) is 59.4 Å². The molecule has 0 saturated carbocycles. The van der Waals surface area contributed by atoms with Crippen LogP contribution in [0.4, 0.5) is 5.13 Å². The average Bonchev–Trinajstić information content (AvgIpc) is 3.03. The second-order valence-corrected chi connectivity index (χ2v) is 7.30. The smallest absolute Gasteiger partial charge is 0.281 e. The van der Waals surface area contributed by atoms with E-state index in [-0.39, 0.29) is 5.69 Å². The highest BCUT2D eigenvalue weighted by Gasteiger charge is 2.17. The topological polar surface area (TPSA) is 76.9 Å². The predicted molar refractivity (Wildman–Crippen MR) is 107 cm³/mol. The second kappa shape index (κ2) is 6.94. The van der Waals surface area contributed by atoms with Crippen molar-refractivity contribution in [1.29, 1.82) is 0 Å². The number of thiazole rings is 1. The fraction of sp³-hybridized carbons (Fsp3) is 0.0526. The van der Waals surface area contributed by atoms with Crippen LogP contribution in [0, 0.1) is 6.92 Å². The molecule has 0 aliphatic heterocycles. The highest BCUT2D eigenvalue weighted by molar-refractivity contribution is 7.22. The van der Waals surface area contributed by atoms with Crippen molar-refractivity contribution in [3.63, 3.8) is 0 Å². The summed E-state index contributed by atoms with van der Waals surface area (Å²) in [6.45, 7) is 1.76. The van der Waals surface area contributed by atoms with Crippen molar-refractivity contribution >= 4 is 44.2 Å². The van der Waals surface area contributed by atoms with Crippen molar-refractivity contribution in [2.45, 2.75) is 6.92 Å². The van der Waals surface area contributed by atoms with E-state index in [0.717, 1.165) is 15.9 Å². The number of carbonyl (C=O) groups excluding carboxylic acids is 1. The number of aromatic nitrogens is 3. The number of fused-ring (bicyclic) bond motifs is 1. The van der Waals surface area contributed by atoms with E-state index in [1.807, 2.05) is 30.3 Å². The van der Waals surface area contributed by atoms with Crippen LogP contribution in [-0.2, 0) is 0 Å². The van der Waals surface area contributed by atoms with E-state index >= 15 is 0 Å². The Balaban J connectivity index is 1.69. The van der Waals surface area contributed by atoms with Crippen LogP contribution in [0.25, 0.3) is 15.9 Å². The third-order valence-electron chi connectivity index (χ3n) is 3.89. The number of anilines is 1. The van der Waals surface area contributed by atoms with Gasteiger partial charge in [-0.3, -0.25) is 14.9 Å². The maximum absolute atomic E-state index is 12.6. The first-order chi connectivity index (χ1) is 13.0. The SMILES string of the molecule is Cc1cc(=O)c(C(=O)Nc2nc3ccc(Cl)cc3s2)nn1-c1ccccc1. The number of carbonyl (C=O) groups is 1. The Hall–Kier alpha value is -3.03. The van der Waals surface area contributed by atoms with Gasteiger partial charge in [0.15, 0.2) is 10.8 Å². The molecule has 2 heterocycles. The highest BCUT2D eigenvalue weighted by atomic mass is 35.5. The van der Waals surface area contributed by atoms with Gasteiger partial charge in [-0.1, -0.05) is 41.1 Å². The Kier molecular flexibility index (Phi) is 4.47. The molecule has 2 aromatic carbocycles. The lowest BCUT2D eigenvalue weighted by Gasteiger charge is -2.10. The molecule has 4 rings (SSSR count). The van der Waals surface area contributed by atoms with Gasteiger partial charge >= 0.3 is 0 Å². The minimum Gasteiger partial charge on any atom is -0.296 e. The van der Waals surface area contributed by atoms with Crippen LogP contribution in [-0.4, -0.2) is 20.7 Å². The quantitative estimate of drug-likeness (QED) is 0.566. The normalized spacial score (nSPS) is 10.9. The lowest BCUT2D eigenvalue weighted by molar-refractivity contribution is 0.101. The summed E-state index contributed by atoms with van der Waals surface area (Å²) in [7, 11) is 0. The molecule has 0 aliphatic carbocycles. The number of rotatable bonds is 3. The van der Waals surface area contributed by atoms with E-state index in [4.69, 9.17) is 11.6 Å². The largest absolute Gasteiger partial charge is 0.296 e. The van der Waals surface area contributed by atoms with Gasteiger partial charge in [-0.2, -0.15) is 5.10 Å². The van der Waals surface area contributed by atoms with Crippen molar-refractivity contribution in [2.75, 3.05) is 5.32 Å². The van der Waals surface area contributed by atoms with Crippen LogP contribution in [0.3, 0.4) is 0 Å². The Morgan fingerprint density at radius 1 is 1.15 bits per heavy atom. The first kappa shape index (κ1) is 17.4. The Morgan fingerprint density at radius 3 is 2.70 bits per heavy atom. The van der Waals surface area contributed by atoms with Gasteiger partial charge in [-0.25, -0.2) is 9.67 Å². The molecule has 8 heteroatoms. The summed E-state index contributed by atoms with van der Waals surface area (Å²) in [6.07, 6.45) is 0. The summed E-state index contributed by atoms with van der Waals surface area (Å²) < 4.78 is 2.41. The lowest BCUT2D eigenvalue weighted by Crippen LogP contribution is -2.26. The molecule has 6 nitrogen and oxygen atoms in total.